The highest BCUT2D eigenvalue weighted by Crippen LogP contribution is 2.42. The fourth-order valence-corrected chi connectivity index (χ4v) is 2.24. The van der Waals surface area contributed by atoms with Crippen molar-refractivity contribution < 1.29 is 0 Å². The molecule has 0 bridgehead atoms. The molecule has 1 saturated carbocycles. The zero-order chi connectivity index (χ0) is 11.2. The van der Waals surface area contributed by atoms with Gasteiger partial charge in [-0.05, 0) is 40.9 Å². The number of benzene rings is 1. The van der Waals surface area contributed by atoms with Crippen molar-refractivity contribution in [1.29, 1.82) is 0 Å². The van der Waals surface area contributed by atoms with E-state index in [2.05, 4.69) is 21.0 Å². The zero-order valence-electron chi connectivity index (χ0n) is 8.73. The van der Waals surface area contributed by atoms with Gasteiger partial charge in [0.15, 0.2) is 0 Å². The van der Waals surface area contributed by atoms with Crippen molar-refractivity contribution in [3.8, 4) is 5.69 Å². The fourth-order valence-electron chi connectivity index (χ4n) is 1.77. The summed E-state index contributed by atoms with van der Waals surface area (Å²) in [5, 5.41) is 4.36. The molecule has 0 aliphatic heterocycles. The average molecular weight is 278 g/mol. The first-order chi connectivity index (χ1) is 7.69. The minimum Gasteiger partial charge on any atom is -0.321 e. The molecule has 0 amide bonds. The van der Waals surface area contributed by atoms with Crippen LogP contribution >= 0.6 is 15.9 Å². The maximum absolute atomic E-state index is 6.13. The van der Waals surface area contributed by atoms with Gasteiger partial charge in [-0.2, -0.15) is 5.10 Å². The topological polar surface area (TPSA) is 43.8 Å². The highest BCUT2D eigenvalue weighted by molar-refractivity contribution is 9.10. The minimum absolute atomic E-state index is 0.112. The third kappa shape index (κ3) is 1.58. The Morgan fingerprint density at radius 1 is 1.31 bits per heavy atom. The van der Waals surface area contributed by atoms with Gasteiger partial charge in [0.25, 0.3) is 0 Å². The number of nitrogens with zero attached hydrogens (tertiary/aromatic N) is 2. The van der Waals surface area contributed by atoms with Crippen LogP contribution in [0.25, 0.3) is 5.69 Å². The van der Waals surface area contributed by atoms with Crippen LogP contribution in [-0.4, -0.2) is 9.78 Å². The Bertz CT molecular complexity index is 529. The monoisotopic (exact) mass is 277 g/mol. The minimum atomic E-state index is -0.112. The van der Waals surface area contributed by atoms with E-state index >= 15 is 0 Å². The van der Waals surface area contributed by atoms with Gasteiger partial charge in [-0.3, -0.25) is 0 Å². The predicted octanol–water partition coefficient (Wildman–Crippen LogP) is 2.58. The Balaban J connectivity index is 2.02. The quantitative estimate of drug-likeness (QED) is 0.917. The number of halogens is 1. The van der Waals surface area contributed by atoms with Gasteiger partial charge < -0.3 is 5.73 Å². The lowest BCUT2D eigenvalue weighted by molar-refractivity contribution is 0.739. The van der Waals surface area contributed by atoms with Crippen LogP contribution in [-0.2, 0) is 5.54 Å². The first-order valence-electron chi connectivity index (χ1n) is 5.28. The summed E-state index contributed by atoms with van der Waals surface area (Å²) >= 11 is 3.52. The molecule has 1 aromatic carbocycles. The van der Waals surface area contributed by atoms with Gasteiger partial charge >= 0.3 is 0 Å². The Morgan fingerprint density at radius 3 is 2.75 bits per heavy atom. The Kier molecular flexibility index (Phi) is 2.16. The second-order valence-electron chi connectivity index (χ2n) is 4.28. The molecular weight excluding hydrogens is 266 g/mol. The van der Waals surface area contributed by atoms with E-state index in [1.165, 1.54) is 0 Å². The van der Waals surface area contributed by atoms with Crippen molar-refractivity contribution in [2.45, 2.75) is 18.4 Å². The van der Waals surface area contributed by atoms with Gasteiger partial charge in [0.05, 0.1) is 11.9 Å². The molecule has 0 spiro atoms. The van der Waals surface area contributed by atoms with Gasteiger partial charge in [0, 0.05) is 21.8 Å². The van der Waals surface area contributed by atoms with Crippen LogP contribution < -0.4 is 5.73 Å². The summed E-state index contributed by atoms with van der Waals surface area (Å²) in [6.45, 7) is 0. The van der Waals surface area contributed by atoms with Crippen molar-refractivity contribution in [2.24, 2.45) is 5.73 Å². The lowest BCUT2D eigenvalue weighted by Crippen LogP contribution is -2.17. The first-order valence-corrected chi connectivity index (χ1v) is 6.07. The molecule has 2 N–H and O–H groups in total. The maximum Gasteiger partial charge on any atom is 0.0787 e. The van der Waals surface area contributed by atoms with Crippen molar-refractivity contribution in [2.75, 3.05) is 0 Å². The highest BCUT2D eigenvalue weighted by atomic mass is 79.9. The van der Waals surface area contributed by atoms with Crippen molar-refractivity contribution in [3.05, 3.63) is 46.7 Å². The average Bonchev–Trinajstić information content (AvgIpc) is 2.84. The smallest absolute Gasteiger partial charge is 0.0787 e. The lowest BCUT2D eigenvalue weighted by atomic mass is 10.1. The van der Waals surface area contributed by atoms with E-state index in [-0.39, 0.29) is 5.54 Å². The summed E-state index contributed by atoms with van der Waals surface area (Å²) in [5.41, 5.74) is 8.19. The summed E-state index contributed by atoms with van der Waals surface area (Å²) in [5.74, 6) is 0. The van der Waals surface area contributed by atoms with E-state index in [1.54, 1.807) is 0 Å². The van der Waals surface area contributed by atoms with E-state index in [0.29, 0.717) is 0 Å². The lowest BCUT2D eigenvalue weighted by Gasteiger charge is -2.05. The molecule has 1 aliphatic rings. The molecule has 16 heavy (non-hydrogen) atoms. The van der Waals surface area contributed by atoms with Crippen molar-refractivity contribution >= 4 is 15.9 Å². The molecule has 0 atom stereocenters. The summed E-state index contributed by atoms with van der Waals surface area (Å²) < 4.78 is 2.90. The van der Waals surface area contributed by atoms with Gasteiger partial charge in [0.2, 0.25) is 0 Å². The SMILES string of the molecule is NC1(c2cnn(-c3ccccc3Br)c2)CC1. The van der Waals surface area contributed by atoms with Crippen LogP contribution in [0.2, 0.25) is 0 Å². The number of para-hydroxylation sites is 1. The van der Waals surface area contributed by atoms with E-state index < -0.39 is 0 Å². The zero-order valence-corrected chi connectivity index (χ0v) is 10.3. The first kappa shape index (κ1) is 10.1. The van der Waals surface area contributed by atoms with Gasteiger partial charge in [-0.25, -0.2) is 4.68 Å². The molecule has 0 unspecified atom stereocenters. The molecule has 1 fully saturated rings. The van der Waals surface area contributed by atoms with Crippen LogP contribution in [0.15, 0.2) is 41.1 Å². The molecule has 0 saturated heterocycles. The van der Waals surface area contributed by atoms with E-state index in [9.17, 15) is 0 Å². The molecule has 1 aromatic heterocycles. The summed E-state index contributed by atoms with van der Waals surface area (Å²) in [4.78, 5) is 0. The molecular formula is C12H12BrN3. The Labute approximate surface area is 102 Å². The summed E-state index contributed by atoms with van der Waals surface area (Å²) in [6, 6.07) is 8.02. The number of hydrogen-bond acceptors (Lipinski definition) is 2. The van der Waals surface area contributed by atoms with E-state index in [4.69, 9.17) is 5.73 Å². The molecule has 2 aromatic rings. The highest BCUT2D eigenvalue weighted by Gasteiger charge is 2.41. The molecule has 4 heteroatoms. The number of rotatable bonds is 2. The van der Waals surface area contributed by atoms with Crippen molar-refractivity contribution in [1.82, 2.24) is 9.78 Å². The third-order valence-electron chi connectivity index (χ3n) is 3.05. The number of hydrogen-bond donors (Lipinski definition) is 1. The van der Waals surface area contributed by atoms with Crippen LogP contribution in [0.4, 0.5) is 0 Å². The second-order valence-corrected chi connectivity index (χ2v) is 5.14. The molecule has 1 aliphatic carbocycles. The van der Waals surface area contributed by atoms with Gasteiger partial charge in [0.1, 0.15) is 0 Å². The van der Waals surface area contributed by atoms with Crippen LogP contribution in [0.5, 0.6) is 0 Å². The molecule has 3 nitrogen and oxygen atoms in total. The van der Waals surface area contributed by atoms with Crippen LogP contribution in [0, 0.1) is 0 Å². The second kappa shape index (κ2) is 3.43. The van der Waals surface area contributed by atoms with Gasteiger partial charge in [-0.1, -0.05) is 12.1 Å². The van der Waals surface area contributed by atoms with E-state index in [0.717, 1.165) is 28.6 Å². The van der Waals surface area contributed by atoms with E-state index in [1.807, 2.05) is 41.3 Å². The largest absolute Gasteiger partial charge is 0.321 e. The number of nitrogens with two attached hydrogens (primary N) is 1. The Morgan fingerprint density at radius 2 is 2.06 bits per heavy atom. The molecule has 3 rings (SSSR count). The van der Waals surface area contributed by atoms with Gasteiger partial charge in [-0.15, -0.1) is 0 Å². The van der Waals surface area contributed by atoms with Crippen LogP contribution in [0.1, 0.15) is 18.4 Å². The fraction of sp³-hybridized carbons (Fsp3) is 0.250. The van der Waals surface area contributed by atoms with Crippen LogP contribution in [0.3, 0.4) is 0 Å². The molecule has 0 radical (unpaired) electrons. The molecule has 82 valence electrons. The molecule has 1 heterocycles. The summed E-state index contributed by atoms with van der Waals surface area (Å²) in [6.07, 6.45) is 6.02. The normalized spacial score (nSPS) is 17.4. The Hall–Kier alpha value is -1.13. The standard InChI is InChI=1S/C12H12BrN3/c13-10-3-1-2-4-11(10)16-8-9(7-15-16)12(14)5-6-12/h1-4,7-8H,5-6,14H2. The maximum atomic E-state index is 6.13. The number of aromatic nitrogens is 2. The summed E-state index contributed by atoms with van der Waals surface area (Å²) in [7, 11) is 0. The predicted molar refractivity (Wildman–Crippen MR) is 66.4 cm³/mol. The van der Waals surface area contributed by atoms with Crippen molar-refractivity contribution in [3.63, 3.8) is 0 Å². The third-order valence-corrected chi connectivity index (χ3v) is 3.72.